The van der Waals surface area contributed by atoms with Gasteiger partial charge in [0.2, 0.25) is 4.80 Å². The van der Waals surface area contributed by atoms with Crippen LogP contribution in [0.1, 0.15) is 32.1 Å². The predicted molar refractivity (Wildman–Crippen MR) is 175 cm³/mol. The summed E-state index contributed by atoms with van der Waals surface area (Å²) in [6.07, 6.45) is 6.09. The number of anilines is 3. The first-order valence-corrected chi connectivity index (χ1v) is 15.7. The van der Waals surface area contributed by atoms with E-state index in [1.165, 1.54) is 19.3 Å². The van der Waals surface area contributed by atoms with Crippen molar-refractivity contribution in [3.63, 3.8) is 0 Å². The molecule has 1 aliphatic rings. The highest BCUT2D eigenvalue weighted by atomic mass is 32.1. The van der Waals surface area contributed by atoms with Gasteiger partial charge in [-0.1, -0.05) is 30.6 Å². The first-order chi connectivity index (χ1) is 20.7. The molecule has 0 unspecified atom stereocenters. The molecule has 0 saturated heterocycles. The third-order valence-corrected chi connectivity index (χ3v) is 8.27. The fourth-order valence-corrected chi connectivity index (χ4v) is 5.77. The lowest BCUT2D eigenvalue weighted by molar-refractivity contribution is 0.247. The molecule has 1 aromatic heterocycles. The van der Waals surface area contributed by atoms with Gasteiger partial charge in [0.05, 0.1) is 17.4 Å². The molecular formula is C31H45N9O2S. The molecule has 1 aliphatic carbocycles. The van der Waals surface area contributed by atoms with Gasteiger partial charge in [-0.2, -0.15) is 5.10 Å². The lowest BCUT2D eigenvalue weighted by atomic mass is 9.96. The summed E-state index contributed by atoms with van der Waals surface area (Å²) in [4.78, 5) is 37.3. The normalized spacial score (nSPS) is 14.3. The van der Waals surface area contributed by atoms with Gasteiger partial charge in [0, 0.05) is 44.5 Å². The maximum Gasteiger partial charge on any atom is 0.326 e. The molecule has 3 N–H and O–H groups in total. The first-order valence-electron chi connectivity index (χ1n) is 14.9. The lowest BCUT2D eigenvalue weighted by Gasteiger charge is -2.24. The fraction of sp³-hybridized carbons (Fsp3) is 0.484. The van der Waals surface area contributed by atoms with Crippen molar-refractivity contribution in [2.75, 3.05) is 64.6 Å². The number of carbonyl (C=O) groups is 2. The van der Waals surface area contributed by atoms with Crippen molar-refractivity contribution in [1.82, 2.24) is 30.2 Å². The summed E-state index contributed by atoms with van der Waals surface area (Å²) < 4.78 is 1.87. The Balaban J connectivity index is 1.52. The van der Waals surface area contributed by atoms with E-state index in [0.717, 1.165) is 47.0 Å². The van der Waals surface area contributed by atoms with E-state index in [1.807, 2.05) is 86.1 Å². The molecule has 4 amide bonds. The highest BCUT2D eigenvalue weighted by Crippen LogP contribution is 2.30. The first kappa shape index (κ1) is 32.2. The fourth-order valence-electron chi connectivity index (χ4n) is 4.81. The Morgan fingerprint density at radius 3 is 2.07 bits per heavy atom. The molecule has 1 fully saturated rings. The molecule has 232 valence electrons. The molecule has 1 heterocycles. The number of likely N-dealkylation sites (N-methyl/N-ethyl adjacent to an activating group) is 2. The van der Waals surface area contributed by atoms with Crippen LogP contribution in [0, 0.1) is 0 Å². The molecule has 2 aromatic carbocycles. The third-order valence-electron chi connectivity index (χ3n) is 7.21. The van der Waals surface area contributed by atoms with Crippen LogP contribution in [-0.4, -0.2) is 92.1 Å². The van der Waals surface area contributed by atoms with E-state index < -0.39 is 0 Å². The van der Waals surface area contributed by atoms with Crippen molar-refractivity contribution in [2.24, 2.45) is 12.0 Å². The Hall–Kier alpha value is -3.74. The molecule has 43 heavy (non-hydrogen) atoms. The average molecular weight is 608 g/mol. The van der Waals surface area contributed by atoms with Crippen LogP contribution in [0.2, 0.25) is 0 Å². The SMILES string of the molecule is CN(C)CCNC(=O)Nc1ccc(N(C(=O)NCCN(C)C)c2ccc(-c3nn(C)c(=NC4CCCCC4)s3)cc2)cc1. The van der Waals surface area contributed by atoms with Crippen molar-refractivity contribution >= 4 is 40.5 Å². The number of hydrogen-bond donors (Lipinski definition) is 3. The van der Waals surface area contributed by atoms with Gasteiger partial charge < -0.3 is 25.8 Å². The molecule has 3 aromatic rings. The number of aromatic nitrogens is 2. The summed E-state index contributed by atoms with van der Waals surface area (Å²) in [6.45, 7) is 2.53. The Morgan fingerprint density at radius 2 is 1.47 bits per heavy atom. The summed E-state index contributed by atoms with van der Waals surface area (Å²) in [6, 6.07) is 15.0. The van der Waals surface area contributed by atoms with Crippen LogP contribution in [0.4, 0.5) is 26.7 Å². The highest BCUT2D eigenvalue weighted by molar-refractivity contribution is 7.12. The van der Waals surface area contributed by atoms with E-state index in [1.54, 1.807) is 28.4 Å². The lowest BCUT2D eigenvalue weighted by Crippen LogP contribution is -2.40. The van der Waals surface area contributed by atoms with Crippen molar-refractivity contribution in [2.45, 2.75) is 38.1 Å². The Kier molecular flexibility index (Phi) is 11.7. The number of hydrogen-bond acceptors (Lipinski definition) is 7. The molecule has 1 saturated carbocycles. The number of urea groups is 2. The van der Waals surface area contributed by atoms with Gasteiger partial charge in [-0.15, -0.1) is 0 Å². The highest BCUT2D eigenvalue weighted by Gasteiger charge is 2.19. The Bertz CT molecular complexity index is 1390. The van der Waals surface area contributed by atoms with Gasteiger partial charge in [0.15, 0.2) is 0 Å². The number of rotatable bonds is 11. The van der Waals surface area contributed by atoms with Gasteiger partial charge in [-0.05, 0) is 89.6 Å². The van der Waals surface area contributed by atoms with Crippen LogP contribution in [0.3, 0.4) is 0 Å². The number of amides is 4. The summed E-state index contributed by atoms with van der Waals surface area (Å²) in [5, 5.41) is 14.3. The van der Waals surface area contributed by atoms with Crippen molar-refractivity contribution in [3.8, 4) is 10.6 Å². The second kappa shape index (κ2) is 15.6. The molecule has 4 rings (SSSR count). The molecular weight excluding hydrogens is 562 g/mol. The predicted octanol–water partition coefficient (Wildman–Crippen LogP) is 4.47. The number of nitrogens with zero attached hydrogens (tertiary/aromatic N) is 6. The smallest absolute Gasteiger partial charge is 0.326 e. The molecule has 11 nitrogen and oxygen atoms in total. The van der Waals surface area contributed by atoms with Crippen LogP contribution >= 0.6 is 11.3 Å². The van der Waals surface area contributed by atoms with Crippen LogP contribution < -0.4 is 25.7 Å². The van der Waals surface area contributed by atoms with Crippen molar-refractivity contribution in [3.05, 3.63) is 53.3 Å². The maximum atomic E-state index is 13.4. The number of benzene rings is 2. The number of aryl methyl sites for hydroxylation is 1. The van der Waals surface area contributed by atoms with Crippen LogP contribution in [0.25, 0.3) is 10.6 Å². The minimum atomic E-state index is -0.270. The quantitative estimate of drug-likeness (QED) is 0.298. The topological polar surface area (TPSA) is 110 Å². The largest absolute Gasteiger partial charge is 0.337 e. The molecule has 0 radical (unpaired) electrons. The van der Waals surface area contributed by atoms with Gasteiger partial charge in [-0.25, -0.2) is 14.3 Å². The maximum absolute atomic E-state index is 13.4. The molecule has 0 atom stereocenters. The molecule has 0 aliphatic heterocycles. The molecule has 0 spiro atoms. The summed E-state index contributed by atoms with van der Waals surface area (Å²) >= 11 is 1.60. The zero-order chi connectivity index (χ0) is 30.8. The Morgan fingerprint density at radius 1 is 0.884 bits per heavy atom. The van der Waals surface area contributed by atoms with E-state index in [9.17, 15) is 9.59 Å². The molecule has 0 bridgehead atoms. The zero-order valence-electron chi connectivity index (χ0n) is 26.0. The van der Waals surface area contributed by atoms with E-state index in [0.29, 0.717) is 30.5 Å². The monoisotopic (exact) mass is 607 g/mol. The second-order valence-corrected chi connectivity index (χ2v) is 12.3. The minimum absolute atomic E-state index is 0.231. The second-order valence-electron chi connectivity index (χ2n) is 11.4. The van der Waals surface area contributed by atoms with Gasteiger partial charge in [0.1, 0.15) is 5.01 Å². The average Bonchev–Trinajstić information content (AvgIpc) is 3.34. The third kappa shape index (κ3) is 9.63. The van der Waals surface area contributed by atoms with E-state index in [-0.39, 0.29) is 12.1 Å². The van der Waals surface area contributed by atoms with Gasteiger partial charge in [0.25, 0.3) is 0 Å². The van der Waals surface area contributed by atoms with E-state index >= 15 is 0 Å². The summed E-state index contributed by atoms with van der Waals surface area (Å²) in [5.74, 6) is 0. The Labute approximate surface area is 258 Å². The standard InChI is InChI=1S/C31H45N9O2S/c1-37(2)21-19-32-29(41)34-25-13-17-27(18-14-25)40(30(42)33-20-22-38(3)4)26-15-11-23(12-16-26)28-36-39(5)31(43-28)35-24-9-7-6-8-10-24/h11-18,24H,6-10,19-22H2,1-5H3,(H,33,42)(H2,32,34,41). The van der Waals surface area contributed by atoms with E-state index in [2.05, 4.69) is 16.0 Å². The van der Waals surface area contributed by atoms with Gasteiger partial charge >= 0.3 is 12.1 Å². The minimum Gasteiger partial charge on any atom is -0.337 e. The van der Waals surface area contributed by atoms with Crippen molar-refractivity contribution in [1.29, 1.82) is 0 Å². The van der Waals surface area contributed by atoms with Gasteiger partial charge in [-0.3, -0.25) is 9.89 Å². The van der Waals surface area contributed by atoms with Crippen molar-refractivity contribution < 1.29 is 9.59 Å². The number of nitrogens with one attached hydrogen (secondary N) is 3. The zero-order valence-corrected chi connectivity index (χ0v) is 26.8. The summed E-state index contributed by atoms with van der Waals surface area (Å²) in [5.41, 5.74) is 3.02. The van der Waals surface area contributed by atoms with Crippen LogP contribution in [0.5, 0.6) is 0 Å². The van der Waals surface area contributed by atoms with E-state index in [4.69, 9.17) is 10.1 Å². The number of carbonyl (C=O) groups excluding carboxylic acids is 2. The van der Waals surface area contributed by atoms with Crippen LogP contribution in [-0.2, 0) is 7.05 Å². The summed E-state index contributed by atoms with van der Waals surface area (Å²) in [7, 11) is 9.80. The molecule has 12 heteroatoms. The van der Waals surface area contributed by atoms with Crippen LogP contribution in [0.15, 0.2) is 53.5 Å².